The number of carbonyl (C=O) groups excluding carboxylic acids is 1. The van der Waals surface area contributed by atoms with Crippen molar-refractivity contribution in [2.75, 3.05) is 19.6 Å². The third-order valence-electron chi connectivity index (χ3n) is 5.54. The molecular formula is C18H32N2O. The monoisotopic (exact) mass is 292 g/mol. The van der Waals surface area contributed by atoms with Crippen LogP contribution in [0, 0.1) is 11.8 Å². The smallest absolute Gasteiger partial charge is 0.225 e. The van der Waals surface area contributed by atoms with Crippen molar-refractivity contribution >= 4 is 5.91 Å². The van der Waals surface area contributed by atoms with Crippen LogP contribution in [0.2, 0.25) is 0 Å². The largest absolute Gasteiger partial charge is 0.341 e. The number of hydrogen-bond donors (Lipinski definition) is 1. The lowest BCUT2D eigenvalue weighted by molar-refractivity contribution is -0.136. The van der Waals surface area contributed by atoms with E-state index in [0.717, 1.165) is 38.4 Å². The summed E-state index contributed by atoms with van der Waals surface area (Å²) in [4.78, 5) is 15.3. The fraction of sp³-hybridized carbons (Fsp3) is 0.944. The van der Waals surface area contributed by atoms with E-state index < -0.39 is 0 Å². The van der Waals surface area contributed by atoms with Gasteiger partial charge >= 0.3 is 0 Å². The number of nitrogens with zero attached hydrogens (tertiary/aromatic N) is 1. The molecule has 2 aliphatic carbocycles. The van der Waals surface area contributed by atoms with Gasteiger partial charge in [0.15, 0.2) is 0 Å². The number of amides is 1. The molecule has 1 saturated heterocycles. The van der Waals surface area contributed by atoms with Gasteiger partial charge in [-0.05, 0) is 51.0 Å². The fourth-order valence-electron chi connectivity index (χ4n) is 4.01. The van der Waals surface area contributed by atoms with E-state index in [1.54, 1.807) is 0 Å². The zero-order valence-electron chi connectivity index (χ0n) is 13.5. The zero-order chi connectivity index (χ0) is 14.5. The molecule has 3 aliphatic rings. The van der Waals surface area contributed by atoms with Gasteiger partial charge in [0.05, 0.1) is 0 Å². The molecule has 1 heterocycles. The maximum atomic E-state index is 13.0. The summed E-state index contributed by atoms with van der Waals surface area (Å²) in [5.74, 6) is 1.62. The number of hydrogen-bond acceptors (Lipinski definition) is 2. The molecule has 0 aromatic rings. The Bertz CT molecular complexity index is 326. The van der Waals surface area contributed by atoms with Crippen molar-refractivity contribution in [2.45, 2.75) is 76.7 Å². The predicted molar refractivity (Wildman–Crippen MR) is 86.1 cm³/mol. The highest BCUT2D eigenvalue weighted by Crippen LogP contribution is 2.31. The van der Waals surface area contributed by atoms with E-state index in [9.17, 15) is 4.79 Å². The molecule has 0 spiro atoms. The first-order chi connectivity index (χ1) is 10.3. The van der Waals surface area contributed by atoms with Gasteiger partial charge in [-0.25, -0.2) is 0 Å². The van der Waals surface area contributed by atoms with Crippen molar-refractivity contribution in [3.8, 4) is 0 Å². The molecular weight excluding hydrogens is 260 g/mol. The van der Waals surface area contributed by atoms with Crippen molar-refractivity contribution in [3.63, 3.8) is 0 Å². The van der Waals surface area contributed by atoms with Gasteiger partial charge in [-0.15, -0.1) is 0 Å². The van der Waals surface area contributed by atoms with Gasteiger partial charge in [0, 0.05) is 25.0 Å². The Hall–Kier alpha value is -0.570. The van der Waals surface area contributed by atoms with Crippen LogP contribution in [0.1, 0.15) is 70.6 Å². The highest BCUT2D eigenvalue weighted by Gasteiger charge is 2.32. The zero-order valence-corrected chi connectivity index (χ0v) is 13.5. The van der Waals surface area contributed by atoms with E-state index in [0.29, 0.717) is 17.9 Å². The second-order valence-corrected chi connectivity index (χ2v) is 7.52. The Morgan fingerprint density at radius 3 is 2.19 bits per heavy atom. The summed E-state index contributed by atoms with van der Waals surface area (Å²) in [6.45, 7) is 3.14. The van der Waals surface area contributed by atoms with Gasteiger partial charge < -0.3 is 10.2 Å². The Labute approximate surface area is 129 Å². The van der Waals surface area contributed by atoms with Crippen LogP contribution in [0.25, 0.3) is 0 Å². The first-order valence-corrected chi connectivity index (χ1v) is 9.35. The Kier molecular flexibility index (Phi) is 5.56. The highest BCUT2D eigenvalue weighted by atomic mass is 16.2. The Morgan fingerprint density at radius 2 is 1.57 bits per heavy atom. The SMILES string of the molecule is O=C(C1CCCCCCC1)N(CC1CC1)CC1CCCN1. The average Bonchev–Trinajstić information content (AvgIpc) is 3.11. The number of rotatable bonds is 5. The van der Waals surface area contributed by atoms with E-state index in [2.05, 4.69) is 10.2 Å². The van der Waals surface area contributed by atoms with Crippen LogP contribution in [0.3, 0.4) is 0 Å². The second-order valence-electron chi connectivity index (χ2n) is 7.52. The molecule has 1 N–H and O–H groups in total. The molecule has 3 heteroatoms. The van der Waals surface area contributed by atoms with Crippen LogP contribution < -0.4 is 5.32 Å². The molecule has 1 amide bonds. The summed E-state index contributed by atoms with van der Waals surface area (Å²) < 4.78 is 0. The third kappa shape index (κ3) is 4.70. The molecule has 3 fully saturated rings. The molecule has 0 bridgehead atoms. The van der Waals surface area contributed by atoms with Gasteiger partial charge in [-0.3, -0.25) is 4.79 Å². The first-order valence-electron chi connectivity index (χ1n) is 9.35. The van der Waals surface area contributed by atoms with Gasteiger partial charge in [0.2, 0.25) is 5.91 Å². The molecule has 2 saturated carbocycles. The van der Waals surface area contributed by atoms with Crippen molar-refractivity contribution in [3.05, 3.63) is 0 Å². The highest BCUT2D eigenvalue weighted by molar-refractivity contribution is 5.79. The Balaban J connectivity index is 1.57. The normalized spacial score (nSPS) is 28.1. The van der Waals surface area contributed by atoms with Crippen molar-refractivity contribution < 1.29 is 4.79 Å². The molecule has 0 aromatic heterocycles. The molecule has 21 heavy (non-hydrogen) atoms. The summed E-state index contributed by atoms with van der Waals surface area (Å²) in [7, 11) is 0. The summed E-state index contributed by atoms with van der Waals surface area (Å²) >= 11 is 0. The molecule has 0 radical (unpaired) electrons. The minimum atomic E-state index is 0.324. The van der Waals surface area contributed by atoms with E-state index in [1.807, 2.05) is 0 Å². The summed E-state index contributed by atoms with van der Waals surface area (Å²) in [5, 5.41) is 3.57. The van der Waals surface area contributed by atoms with Gasteiger partial charge in [0.1, 0.15) is 0 Å². The topological polar surface area (TPSA) is 32.3 Å². The molecule has 3 nitrogen and oxygen atoms in total. The van der Waals surface area contributed by atoms with Crippen molar-refractivity contribution in [1.29, 1.82) is 0 Å². The average molecular weight is 292 g/mol. The maximum absolute atomic E-state index is 13.0. The van der Waals surface area contributed by atoms with Crippen molar-refractivity contribution in [2.24, 2.45) is 11.8 Å². The lowest BCUT2D eigenvalue weighted by Crippen LogP contribution is -2.44. The fourth-order valence-corrected chi connectivity index (χ4v) is 4.01. The molecule has 3 rings (SSSR count). The van der Waals surface area contributed by atoms with Crippen LogP contribution in [-0.2, 0) is 4.79 Å². The lowest BCUT2D eigenvalue weighted by Gasteiger charge is -2.30. The lowest BCUT2D eigenvalue weighted by atomic mass is 9.90. The van der Waals surface area contributed by atoms with Crippen LogP contribution in [0.4, 0.5) is 0 Å². The maximum Gasteiger partial charge on any atom is 0.225 e. The van der Waals surface area contributed by atoms with Crippen LogP contribution in [0.5, 0.6) is 0 Å². The first kappa shape index (κ1) is 15.3. The molecule has 1 unspecified atom stereocenters. The van der Waals surface area contributed by atoms with E-state index in [1.165, 1.54) is 57.8 Å². The van der Waals surface area contributed by atoms with Crippen LogP contribution in [0.15, 0.2) is 0 Å². The quantitative estimate of drug-likeness (QED) is 0.843. The standard InChI is InChI=1S/C18H32N2O/c21-18(16-7-4-2-1-3-5-8-16)20(13-15-10-11-15)14-17-9-6-12-19-17/h15-17,19H,1-14H2. The molecule has 1 aliphatic heterocycles. The summed E-state index contributed by atoms with van der Waals surface area (Å²) in [6.07, 6.45) is 14.0. The van der Waals surface area contributed by atoms with Gasteiger partial charge in [-0.1, -0.05) is 32.1 Å². The molecule has 0 aromatic carbocycles. The van der Waals surface area contributed by atoms with Crippen molar-refractivity contribution in [1.82, 2.24) is 10.2 Å². The minimum Gasteiger partial charge on any atom is -0.341 e. The minimum absolute atomic E-state index is 0.324. The van der Waals surface area contributed by atoms with Gasteiger partial charge in [0.25, 0.3) is 0 Å². The van der Waals surface area contributed by atoms with Crippen LogP contribution in [-0.4, -0.2) is 36.5 Å². The van der Waals surface area contributed by atoms with E-state index in [4.69, 9.17) is 0 Å². The predicted octanol–water partition coefficient (Wildman–Crippen LogP) is 3.34. The molecule has 1 atom stereocenters. The van der Waals surface area contributed by atoms with Crippen LogP contribution >= 0.6 is 0 Å². The number of carbonyl (C=O) groups is 1. The summed E-state index contributed by atoms with van der Waals surface area (Å²) in [6, 6.07) is 0.557. The molecule has 120 valence electrons. The second kappa shape index (κ2) is 7.62. The van der Waals surface area contributed by atoms with Gasteiger partial charge in [-0.2, -0.15) is 0 Å². The van der Waals surface area contributed by atoms with E-state index in [-0.39, 0.29) is 0 Å². The third-order valence-corrected chi connectivity index (χ3v) is 5.54. The number of nitrogens with one attached hydrogen (secondary N) is 1. The summed E-state index contributed by atoms with van der Waals surface area (Å²) in [5.41, 5.74) is 0. The van der Waals surface area contributed by atoms with E-state index >= 15 is 0 Å². The Morgan fingerprint density at radius 1 is 0.857 bits per heavy atom.